The maximum atomic E-state index is 11.2. The Morgan fingerprint density at radius 2 is 1.62 bits per heavy atom. The van der Waals surface area contributed by atoms with Gasteiger partial charge in [0.1, 0.15) is 5.78 Å². The number of carbonyl (C=O) groups excluding carboxylic acids is 1. The number of hydrogen-bond donors (Lipinski definition) is 1. The molecule has 0 spiro atoms. The van der Waals surface area contributed by atoms with Crippen molar-refractivity contribution in [2.24, 2.45) is 17.6 Å². The molecule has 0 amide bonds. The predicted octanol–water partition coefficient (Wildman–Crippen LogP) is 1.41. The minimum Gasteiger partial charge on any atom is -0.327 e. The monoisotopic (exact) mass is 224 g/mol. The molecule has 0 aromatic heterocycles. The van der Waals surface area contributed by atoms with Crippen LogP contribution < -0.4 is 5.73 Å². The lowest BCUT2D eigenvalue weighted by atomic mass is 9.76. The van der Waals surface area contributed by atoms with Crippen molar-refractivity contribution in [1.29, 1.82) is 0 Å². The van der Waals surface area contributed by atoms with Gasteiger partial charge in [0.15, 0.2) is 0 Å². The van der Waals surface area contributed by atoms with Crippen LogP contribution in [0.4, 0.5) is 0 Å². The van der Waals surface area contributed by atoms with Crippen LogP contribution in [0.1, 0.15) is 38.5 Å². The molecule has 1 atom stereocenters. The number of likely N-dealkylation sites (tertiary alicyclic amines) is 1. The van der Waals surface area contributed by atoms with E-state index in [1.807, 2.05) is 0 Å². The van der Waals surface area contributed by atoms with Gasteiger partial charge < -0.3 is 10.6 Å². The van der Waals surface area contributed by atoms with Crippen molar-refractivity contribution in [3.8, 4) is 0 Å². The van der Waals surface area contributed by atoms with Crippen LogP contribution in [-0.2, 0) is 4.79 Å². The van der Waals surface area contributed by atoms with Crippen molar-refractivity contribution in [2.75, 3.05) is 20.1 Å². The Labute approximate surface area is 98.4 Å². The van der Waals surface area contributed by atoms with E-state index in [0.717, 1.165) is 25.7 Å². The van der Waals surface area contributed by atoms with Gasteiger partial charge in [-0.15, -0.1) is 0 Å². The number of ketones is 1. The summed E-state index contributed by atoms with van der Waals surface area (Å²) in [7, 11) is 2.18. The molecular weight excluding hydrogens is 200 g/mol. The molecule has 1 heterocycles. The summed E-state index contributed by atoms with van der Waals surface area (Å²) in [5.41, 5.74) is 6.38. The predicted molar refractivity (Wildman–Crippen MR) is 65.2 cm³/mol. The first kappa shape index (κ1) is 12.1. The molecule has 2 aliphatic rings. The van der Waals surface area contributed by atoms with Gasteiger partial charge in [-0.2, -0.15) is 0 Å². The van der Waals surface area contributed by atoms with E-state index in [2.05, 4.69) is 11.9 Å². The van der Waals surface area contributed by atoms with E-state index in [9.17, 15) is 4.79 Å². The Morgan fingerprint density at radius 3 is 2.19 bits per heavy atom. The van der Waals surface area contributed by atoms with Crippen molar-refractivity contribution >= 4 is 5.78 Å². The van der Waals surface area contributed by atoms with Gasteiger partial charge in [0.05, 0.1) is 0 Å². The molecule has 0 aromatic rings. The van der Waals surface area contributed by atoms with Crippen molar-refractivity contribution < 1.29 is 4.79 Å². The second-order valence-corrected chi connectivity index (χ2v) is 5.59. The standard InChI is InChI=1S/C13H24N2O/c1-15-8-6-11(7-9-15)13(14)10-2-4-12(16)5-3-10/h10-11,13H,2-9,14H2,1H3. The third-order valence-electron chi connectivity index (χ3n) is 4.44. The van der Waals surface area contributed by atoms with E-state index in [0.29, 0.717) is 23.7 Å². The number of nitrogens with two attached hydrogens (primary N) is 1. The summed E-state index contributed by atoms with van der Waals surface area (Å²) in [6, 6.07) is 0.335. The second kappa shape index (κ2) is 5.28. The molecule has 3 heteroatoms. The molecule has 16 heavy (non-hydrogen) atoms. The summed E-state index contributed by atoms with van der Waals surface area (Å²) in [5, 5.41) is 0. The highest BCUT2D eigenvalue weighted by molar-refractivity contribution is 5.79. The molecule has 0 aromatic carbocycles. The molecule has 2 N–H and O–H groups in total. The average Bonchev–Trinajstić information content (AvgIpc) is 2.30. The fourth-order valence-corrected chi connectivity index (χ4v) is 3.15. The molecule has 1 aliphatic heterocycles. The van der Waals surface area contributed by atoms with E-state index in [-0.39, 0.29) is 0 Å². The van der Waals surface area contributed by atoms with Crippen LogP contribution in [0.2, 0.25) is 0 Å². The van der Waals surface area contributed by atoms with Crippen LogP contribution in [0.3, 0.4) is 0 Å². The first-order valence-corrected chi connectivity index (χ1v) is 6.62. The van der Waals surface area contributed by atoms with Crippen LogP contribution >= 0.6 is 0 Å². The summed E-state index contributed by atoms with van der Waals surface area (Å²) in [6.45, 7) is 2.37. The number of rotatable bonds is 2. The third kappa shape index (κ3) is 2.83. The zero-order valence-corrected chi connectivity index (χ0v) is 10.3. The normalized spacial score (nSPS) is 28.2. The van der Waals surface area contributed by atoms with Crippen molar-refractivity contribution in [3.05, 3.63) is 0 Å². The zero-order valence-electron chi connectivity index (χ0n) is 10.3. The number of hydrogen-bond acceptors (Lipinski definition) is 3. The SMILES string of the molecule is CN1CCC(C(N)C2CCC(=O)CC2)CC1. The lowest BCUT2D eigenvalue weighted by molar-refractivity contribution is -0.121. The van der Waals surface area contributed by atoms with E-state index < -0.39 is 0 Å². The Hall–Kier alpha value is -0.410. The largest absolute Gasteiger partial charge is 0.327 e. The van der Waals surface area contributed by atoms with Crippen LogP contribution in [0.15, 0.2) is 0 Å². The van der Waals surface area contributed by atoms with Gasteiger partial charge in [0, 0.05) is 18.9 Å². The first-order valence-electron chi connectivity index (χ1n) is 6.62. The molecule has 92 valence electrons. The van der Waals surface area contributed by atoms with Crippen molar-refractivity contribution in [2.45, 2.75) is 44.6 Å². The molecule has 1 unspecified atom stereocenters. The summed E-state index contributed by atoms with van der Waals surface area (Å²) < 4.78 is 0. The molecule has 3 nitrogen and oxygen atoms in total. The summed E-state index contributed by atoms with van der Waals surface area (Å²) >= 11 is 0. The topological polar surface area (TPSA) is 46.3 Å². The number of Topliss-reactive ketones (excluding diaryl/α,β-unsaturated/α-hetero) is 1. The fourth-order valence-electron chi connectivity index (χ4n) is 3.15. The van der Waals surface area contributed by atoms with Crippen LogP contribution in [0.25, 0.3) is 0 Å². The molecule has 2 rings (SSSR count). The highest BCUT2D eigenvalue weighted by Crippen LogP contribution is 2.30. The van der Waals surface area contributed by atoms with Gasteiger partial charge in [0.2, 0.25) is 0 Å². The molecule has 2 fully saturated rings. The maximum Gasteiger partial charge on any atom is 0.132 e. The smallest absolute Gasteiger partial charge is 0.132 e. The Bertz CT molecular complexity index is 236. The first-order chi connectivity index (χ1) is 7.66. The van der Waals surface area contributed by atoms with Gasteiger partial charge in [-0.3, -0.25) is 4.79 Å². The molecule has 1 saturated heterocycles. The highest BCUT2D eigenvalue weighted by atomic mass is 16.1. The minimum absolute atomic E-state index is 0.335. The third-order valence-corrected chi connectivity index (χ3v) is 4.44. The van der Waals surface area contributed by atoms with E-state index in [1.165, 1.54) is 25.9 Å². The summed E-state index contributed by atoms with van der Waals surface area (Å²) in [5.74, 6) is 1.73. The van der Waals surface area contributed by atoms with Crippen LogP contribution in [0, 0.1) is 11.8 Å². The molecule has 0 radical (unpaired) electrons. The minimum atomic E-state index is 0.335. The van der Waals surface area contributed by atoms with E-state index in [1.54, 1.807) is 0 Å². The van der Waals surface area contributed by atoms with Crippen molar-refractivity contribution in [3.63, 3.8) is 0 Å². The van der Waals surface area contributed by atoms with Crippen molar-refractivity contribution in [1.82, 2.24) is 4.90 Å². The van der Waals surface area contributed by atoms with Crippen LogP contribution in [-0.4, -0.2) is 36.9 Å². The second-order valence-electron chi connectivity index (χ2n) is 5.59. The molecule has 0 bridgehead atoms. The van der Waals surface area contributed by atoms with Gasteiger partial charge >= 0.3 is 0 Å². The quantitative estimate of drug-likeness (QED) is 0.771. The van der Waals surface area contributed by atoms with E-state index in [4.69, 9.17) is 5.73 Å². The maximum absolute atomic E-state index is 11.2. The molecular formula is C13H24N2O. The highest BCUT2D eigenvalue weighted by Gasteiger charge is 2.30. The van der Waals surface area contributed by atoms with E-state index >= 15 is 0 Å². The van der Waals surface area contributed by atoms with Gasteiger partial charge in [-0.25, -0.2) is 0 Å². The summed E-state index contributed by atoms with van der Waals surface area (Å²) in [6.07, 6.45) is 6.08. The number of piperidine rings is 1. The van der Waals surface area contributed by atoms with Crippen LogP contribution in [0.5, 0.6) is 0 Å². The molecule has 1 aliphatic carbocycles. The van der Waals surface area contributed by atoms with Gasteiger partial charge in [0.25, 0.3) is 0 Å². The molecule has 1 saturated carbocycles. The Balaban J connectivity index is 1.82. The number of nitrogens with zero attached hydrogens (tertiary/aromatic N) is 1. The zero-order chi connectivity index (χ0) is 11.5. The Kier molecular flexibility index (Phi) is 3.98. The lowest BCUT2D eigenvalue weighted by Gasteiger charge is -2.37. The Morgan fingerprint density at radius 1 is 1.12 bits per heavy atom. The fraction of sp³-hybridized carbons (Fsp3) is 0.923. The van der Waals surface area contributed by atoms with Gasteiger partial charge in [-0.1, -0.05) is 0 Å². The van der Waals surface area contributed by atoms with Gasteiger partial charge in [-0.05, 0) is 57.7 Å². The number of carbonyl (C=O) groups is 1. The lowest BCUT2D eigenvalue weighted by Crippen LogP contribution is -2.44. The summed E-state index contributed by atoms with van der Waals surface area (Å²) in [4.78, 5) is 13.6. The average molecular weight is 224 g/mol.